The fourth-order valence-corrected chi connectivity index (χ4v) is 13.5. The molecule has 0 spiro atoms. The van der Waals surface area contributed by atoms with Gasteiger partial charge in [0.2, 0.25) is 0 Å². The molecular weight excluding hydrogens is 346 g/mol. The fraction of sp³-hybridized carbons (Fsp3) is 0.810. The van der Waals surface area contributed by atoms with E-state index in [0.29, 0.717) is 22.6 Å². The van der Waals surface area contributed by atoms with Gasteiger partial charge in [-0.1, -0.05) is 43.5 Å². The Morgan fingerprint density at radius 1 is 0.640 bits per heavy atom. The van der Waals surface area contributed by atoms with Gasteiger partial charge in [0.25, 0.3) is 0 Å². The van der Waals surface area contributed by atoms with Gasteiger partial charge in [-0.2, -0.15) is 0 Å². The summed E-state index contributed by atoms with van der Waals surface area (Å²) in [6.45, 7) is 9.13. The fourth-order valence-electron chi connectivity index (χ4n) is 5.37. The lowest BCUT2D eigenvalue weighted by Gasteiger charge is -2.31. The Morgan fingerprint density at radius 2 is 0.920 bits per heavy atom. The molecule has 0 aromatic heterocycles. The van der Waals surface area contributed by atoms with Crippen molar-refractivity contribution in [2.45, 2.75) is 108 Å². The Morgan fingerprint density at radius 3 is 1.16 bits per heavy atom. The van der Waals surface area contributed by atoms with Gasteiger partial charge in [0.05, 0.1) is 6.42 Å². The summed E-state index contributed by atoms with van der Waals surface area (Å²) < 4.78 is 0. The molecule has 0 N–H and O–H groups in total. The molecule has 2 saturated heterocycles. The van der Waals surface area contributed by atoms with Gasteiger partial charge in [-0.3, -0.25) is 9.59 Å². The molecule has 2 heterocycles. The van der Waals surface area contributed by atoms with Gasteiger partial charge >= 0.3 is 0 Å². The van der Waals surface area contributed by atoms with Crippen LogP contribution in [-0.4, -0.2) is 34.2 Å². The minimum Gasteiger partial charge on any atom is -0.294 e. The zero-order valence-electron chi connectivity index (χ0n) is 16.4. The molecule has 1 aliphatic carbocycles. The second-order valence-corrected chi connectivity index (χ2v) is 13.4. The maximum absolute atomic E-state index is 13.0. The number of carbonyl (C=O) groups is 2. The molecule has 2 aliphatic heterocycles. The lowest BCUT2D eigenvalue weighted by Crippen LogP contribution is -2.11. The van der Waals surface area contributed by atoms with Gasteiger partial charge in [-0.15, -0.1) is 0 Å². The molecule has 0 radical (unpaired) electrons. The topological polar surface area (TPSA) is 34.1 Å². The van der Waals surface area contributed by atoms with Crippen LogP contribution in [-0.2, 0) is 9.59 Å². The molecule has 4 atom stereocenters. The van der Waals surface area contributed by atoms with Crippen LogP contribution in [0.3, 0.4) is 0 Å². The molecule has 25 heavy (non-hydrogen) atoms. The van der Waals surface area contributed by atoms with Crippen molar-refractivity contribution in [2.24, 2.45) is 0 Å². The zero-order chi connectivity index (χ0) is 18.1. The first kappa shape index (κ1) is 19.7. The van der Waals surface area contributed by atoms with Crippen molar-refractivity contribution in [1.82, 2.24) is 0 Å². The smallest absolute Gasteiger partial charge is 0.171 e. The summed E-state index contributed by atoms with van der Waals surface area (Å²) in [4.78, 5) is 26.0. The van der Waals surface area contributed by atoms with Crippen molar-refractivity contribution in [3.63, 3.8) is 0 Å². The average molecular weight is 380 g/mol. The first-order valence-corrected chi connectivity index (χ1v) is 13.4. The molecule has 0 aromatic rings. The Hall–Kier alpha value is -0.0600. The summed E-state index contributed by atoms with van der Waals surface area (Å²) >= 11 is 0. The Balaban J connectivity index is 2.08. The number of hydrogen-bond donors (Lipinski definition) is 0. The van der Waals surface area contributed by atoms with Gasteiger partial charge < -0.3 is 0 Å². The lowest BCUT2D eigenvalue weighted by molar-refractivity contribution is -0.120. The summed E-state index contributed by atoms with van der Waals surface area (Å²) in [7, 11) is -0.835. The molecule has 0 saturated carbocycles. The zero-order valence-corrected chi connectivity index (χ0v) is 18.2. The number of Topliss-reactive ketones (excluding diaryl/α,β-unsaturated/α-hetero) is 2. The third-order valence-corrected chi connectivity index (χ3v) is 14.5. The maximum atomic E-state index is 13.0. The predicted octanol–water partition coefficient (Wildman–Crippen LogP) is 6.41. The third kappa shape index (κ3) is 3.43. The quantitative estimate of drug-likeness (QED) is 0.394. The minimum atomic E-state index is -0.417. The van der Waals surface area contributed by atoms with Crippen molar-refractivity contribution >= 4 is 27.4 Å². The van der Waals surface area contributed by atoms with E-state index >= 15 is 0 Å². The molecule has 2 fully saturated rings. The van der Waals surface area contributed by atoms with Crippen LogP contribution < -0.4 is 0 Å². The Labute approximate surface area is 156 Å². The molecule has 3 aliphatic rings. The standard InChI is InChI=1S/C21H34O2P2/c1-5-14-9-10-15(6-2)24(14)20-18(22)13-19(23)21(20)25-16(7-3)11-12-17(25)8-4/h14-17H,5-13H2,1-4H3/t14-,15-,16-,17-/m1/s1. The highest BCUT2D eigenvalue weighted by Crippen LogP contribution is 2.72. The summed E-state index contributed by atoms with van der Waals surface area (Å²) in [6, 6.07) is 0. The lowest BCUT2D eigenvalue weighted by atomic mass is 10.1. The average Bonchev–Trinajstić information content (AvgIpc) is 3.27. The number of rotatable bonds is 6. The van der Waals surface area contributed by atoms with Crippen LogP contribution >= 0.6 is 15.8 Å². The van der Waals surface area contributed by atoms with E-state index in [1.807, 2.05) is 0 Å². The van der Waals surface area contributed by atoms with E-state index < -0.39 is 15.8 Å². The van der Waals surface area contributed by atoms with E-state index in [1.165, 1.54) is 51.4 Å². The SMILES string of the molecule is CC[C@@H]1CC[C@@H](CC)P1C1=C(P2[C@H](CC)CC[C@H]2CC)C(=O)CC1=O. The van der Waals surface area contributed by atoms with E-state index in [9.17, 15) is 9.59 Å². The number of carbonyl (C=O) groups excluding carboxylic acids is 2. The van der Waals surface area contributed by atoms with E-state index in [1.54, 1.807) is 0 Å². The molecule has 0 aromatic carbocycles. The van der Waals surface area contributed by atoms with Gasteiger partial charge in [0.1, 0.15) is 0 Å². The van der Waals surface area contributed by atoms with E-state index in [-0.39, 0.29) is 18.0 Å². The van der Waals surface area contributed by atoms with E-state index in [2.05, 4.69) is 27.7 Å². The molecule has 4 heteroatoms. The van der Waals surface area contributed by atoms with Gasteiger partial charge in [0.15, 0.2) is 11.6 Å². The monoisotopic (exact) mass is 380 g/mol. The summed E-state index contributed by atoms with van der Waals surface area (Å²) in [5.74, 6) is 0.452. The molecule has 140 valence electrons. The third-order valence-electron chi connectivity index (χ3n) is 6.71. The second kappa shape index (κ2) is 8.31. The van der Waals surface area contributed by atoms with Crippen molar-refractivity contribution in [3.8, 4) is 0 Å². The molecule has 0 bridgehead atoms. The highest BCUT2D eigenvalue weighted by Gasteiger charge is 2.48. The van der Waals surface area contributed by atoms with Crippen molar-refractivity contribution in [1.29, 1.82) is 0 Å². The predicted molar refractivity (Wildman–Crippen MR) is 110 cm³/mol. The summed E-state index contributed by atoms with van der Waals surface area (Å²) in [5.41, 5.74) is 2.71. The van der Waals surface area contributed by atoms with Gasteiger partial charge in [0, 0.05) is 10.6 Å². The summed E-state index contributed by atoms with van der Waals surface area (Å²) in [6.07, 6.45) is 9.97. The second-order valence-electron chi connectivity index (χ2n) is 7.94. The van der Waals surface area contributed by atoms with Crippen LogP contribution in [0.5, 0.6) is 0 Å². The minimum absolute atomic E-state index is 0.196. The van der Waals surface area contributed by atoms with Gasteiger partial charge in [-0.05, 0) is 74.0 Å². The van der Waals surface area contributed by atoms with Crippen LogP contribution in [0.2, 0.25) is 0 Å². The number of hydrogen-bond acceptors (Lipinski definition) is 2. The van der Waals surface area contributed by atoms with Crippen LogP contribution in [0.25, 0.3) is 0 Å². The molecule has 2 nitrogen and oxygen atoms in total. The van der Waals surface area contributed by atoms with Crippen molar-refractivity contribution < 1.29 is 9.59 Å². The highest BCUT2D eigenvalue weighted by molar-refractivity contribution is 7.70. The Kier molecular flexibility index (Phi) is 6.55. The van der Waals surface area contributed by atoms with Crippen molar-refractivity contribution in [3.05, 3.63) is 10.6 Å². The number of ketones is 2. The van der Waals surface area contributed by atoms with Crippen LogP contribution in [0.4, 0.5) is 0 Å². The normalized spacial score (nSPS) is 34.7. The largest absolute Gasteiger partial charge is 0.294 e. The van der Waals surface area contributed by atoms with Crippen LogP contribution in [0.1, 0.15) is 85.5 Å². The molecule has 0 amide bonds. The maximum Gasteiger partial charge on any atom is 0.171 e. The van der Waals surface area contributed by atoms with Crippen LogP contribution in [0, 0.1) is 0 Å². The first-order valence-electron chi connectivity index (χ1n) is 10.4. The molecule has 0 unspecified atom stereocenters. The highest BCUT2D eigenvalue weighted by atomic mass is 31.1. The van der Waals surface area contributed by atoms with Gasteiger partial charge in [-0.25, -0.2) is 0 Å². The Bertz CT molecular complexity index is 496. The molecular formula is C21H34O2P2. The van der Waals surface area contributed by atoms with E-state index in [4.69, 9.17) is 0 Å². The van der Waals surface area contributed by atoms with E-state index in [0.717, 1.165) is 10.6 Å². The first-order chi connectivity index (χ1) is 12.1. The molecule has 3 rings (SSSR count). The van der Waals surface area contributed by atoms with Crippen LogP contribution in [0.15, 0.2) is 10.6 Å². The summed E-state index contributed by atoms with van der Waals surface area (Å²) in [5, 5.41) is 2.22. The number of allylic oxidation sites excluding steroid dienone is 2. The van der Waals surface area contributed by atoms with Crippen molar-refractivity contribution in [2.75, 3.05) is 0 Å².